The summed E-state index contributed by atoms with van der Waals surface area (Å²) in [6.45, 7) is 0. The first-order valence-corrected chi connectivity index (χ1v) is 2.14. The maximum absolute atomic E-state index is 8.24. The van der Waals surface area contributed by atoms with Gasteiger partial charge in [0.1, 0.15) is 0 Å². The van der Waals surface area contributed by atoms with Gasteiger partial charge in [-0.3, -0.25) is 24.0 Å². The zero-order valence-corrected chi connectivity index (χ0v) is 13.9. The summed E-state index contributed by atoms with van der Waals surface area (Å²) in [7, 11) is 0. The number of isocyanates is 5. The molecule has 0 N–H and O–H groups in total. The Balaban J connectivity index is -0.0000000111. The van der Waals surface area contributed by atoms with Crippen LogP contribution in [0.3, 0.4) is 0 Å². The van der Waals surface area contributed by atoms with E-state index in [9.17, 15) is 0 Å². The monoisotopic (exact) mass is 360 g/mol. The number of rotatable bonds is 0. The second-order valence-electron chi connectivity index (χ2n) is 0.456. The maximum Gasteiger partial charge on any atom is 2.00 e. The Hall–Kier alpha value is -0.425. The molecule has 0 heterocycles. The standard InChI is InChI=1S/5CNO.Fe.K.Mn/c5*2-1-3;;;/q5*-1;+2;+1;+2. The molecule has 0 unspecified atom stereocenters. The largest absolute Gasteiger partial charge is 2.00 e. The minimum Gasteiger partial charge on any atom is -0.724 e. The third kappa shape index (κ3) is 18300. The Morgan fingerprint density at radius 1 is 0.500 bits per heavy atom. The summed E-state index contributed by atoms with van der Waals surface area (Å²) in [6, 6.07) is 0. The molecule has 18 heavy (non-hydrogen) atoms. The van der Waals surface area contributed by atoms with E-state index in [0.29, 0.717) is 30.4 Å². The molecule has 0 saturated carbocycles. The van der Waals surface area contributed by atoms with Crippen molar-refractivity contribution in [3.63, 3.8) is 0 Å². The van der Waals surface area contributed by atoms with Crippen LogP contribution in [0.25, 0.3) is 27.0 Å². The first-order valence-electron chi connectivity index (χ1n) is 2.14. The van der Waals surface area contributed by atoms with Gasteiger partial charge in [0.25, 0.3) is 0 Å². The molecule has 0 atom stereocenters. The van der Waals surface area contributed by atoms with E-state index in [-0.39, 0.29) is 85.5 Å². The number of carbonyl (C=O) groups excluding carboxylic acids is 5. The van der Waals surface area contributed by atoms with E-state index in [2.05, 4.69) is 0 Å². The fourth-order valence-electron chi connectivity index (χ4n) is 0. The van der Waals surface area contributed by atoms with E-state index in [1.165, 1.54) is 0 Å². The Bertz CT molecular complexity index is 215. The van der Waals surface area contributed by atoms with E-state index in [4.69, 9.17) is 51.0 Å². The molecule has 0 bridgehead atoms. The molecule has 13 heteroatoms. The predicted octanol–water partition coefficient (Wildman–Crippen LogP) is -3.54. The molecule has 0 aromatic heterocycles. The number of nitrogens with zero attached hydrogens (tertiary/aromatic N) is 5. The van der Waals surface area contributed by atoms with Crippen LogP contribution < -0.4 is 51.4 Å². The van der Waals surface area contributed by atoms with Crippen LogP contribution in [0.1, 0.15) is 0 Å². The van der Waals surface area contributed by atoms with Crippen molar-refractivity contribution in [1.29, 1.82) is 0 Å². The zero-order valence-electron chi connectivity index (χ0n) is 8.51. The van der Waals surface area contributed by atoms with Gasteiger partial charge in [0.05, 0.1) is 0 Å². The topological polar surface area (TPSA) is 197 Å². The van der Waals surface area contributed by atoms with Crippen LogP contribution in [0, 0.1) is 0 Å². The summed E-state index contributed by atoms with van der Waals surface area (Å²) in [5, 5.41) is 33.8. The van der Waals surface area contributed by atoms with Crippen molar-refractivity contribution in [2.45, 2.75) is 0 Å². The van der Waals surface area contributed by atoms with Crippen molar-refractivity contribution >= 4 is 30.4 Å². The SMILES string of the molecule is [Fe+2].[K+].[Mn+2].[N-]=C=O.[N-]=C=O.[N-]=C=O.[N-]=C=O.[N-]=C=O. The normalized spacial score (nSPS) is 2.22. The fourth-order valence-corrected chi connectivity index (χ4v) is 0. The molecule has 1 radical (unpaired) electrons. The Labute approximate surface area is 165 Å². The molecule has 0 aliphatic heterocycles. The second kappa shape index (κ2) is 192. The molecule has 10 nitrogen and oxygen atoms in total. The van der Waals surface area contributed by atoms with Gasteiger partial charge in [-0.1, -0.05) is 0 Å². The molecule has 0 aliphatic rings. The van der Waals surface area contributed by atoms with Crippen LogP contribution >= 0.6 is 0 Å². The van der Waals surface area contributed by atoms with Crippen LogP contribution in [0.4, 0.5) is 0 Å². The molecule has 0 spiro atoms. The van der Waals surface area contributed by atoms with Crippen molar-refractivity contribution in [3.8, 4) is 0 Å². The van der Waals surface area contributed by atoms with E-state index in [1.54, 1.807) is 0 Å². The third-order valence-electron chi connectivity index (χ3n) is 0. The second-order valence-corrected chi connectivity index (χ2v) is 0.456. The fraction of sp³-hybridized carbons (Fsp3) is 0. The van der Waals surface area contributed by atoms with E-state index in [1.807, 2.05) is 0 Å². The first-order chi connectivity index (χ1) is 7.07. The van der Waals surface area contributed by atoms with Gasteiger partial charge in [0, 0.05) is 0 Å². The van der Waals surface area contributed by atoms with Gasteiger partial charge in [0.15, 0.2) is 0 Å². The van der Waals surface area contributed by atoms with Gasteiger partial charge in [-0.25, -0.2) is 0 Å². The van der Waals surface area contributed by atoms with Gasteiger partial charge in [0.2, 0.25) is 0 Å². The molecule has 0 aromatic rings. The average Bonchev–Trinajstić information content (AvgIpc) is 2.09. The summed E-state index contributed by atoms with van der Waals surface area (Å²) < 4.78 is 0. The van der Waals surface area contributed by atoms with Crippen LogP contribution in [0.5, 0.6) is 0 Å². The molecular weight excluding hydrogens is 360 g/mol. The molecule has 91 valence electrons. The summed E-state index contributed by atoms with van der Waals surface area (Å²) in [6.07, 6.45) is 2.50. The Morgan fingerprint density at radius 3 is 0.500 bits per heavy atom. The molecule has 0 fully saturated rings. The smallest absolute Gasteiger partial charge is 0.724 e. The molecular formula is C5FeKMnN5O5. The average molecular weight is 360 g/mol. The molecule has 0 rings (SSSR count). The van der Waals surface area contributed by atoms with E-state index in [0.717, 1.165) is 0 Å². The predicted molar refractivity (Wildman–Crippen MR) is 45.3 cm³/mol. The number of hydrogen-bond donors (Lipinski definition) is 0. The van der Waals surface area contributed by atoms with Crippen LogP contribution in [-0.2, 0) is 58.1 Å². The summed E-state index contributed by atoms with van der Waals surface area (Å²) >= 11 is 0. The Morgan fingerprint density at radius 2 is 0.500 bits per heavy atom. The van der Waals surface area contributed by atoms with Gasteiger partial charge >= 0.3 is 85.5 Å². The summed E-state index contributed by atoms with van der Waals surface area (Å²) in [4.78, 5) is 41.2. The quantitative estimate of drug-likeness (QED) is 0.244. The third-order valence-corrected chi connectivity index (χ3v) is 0. The van der Waals surface area contributed by atoms with Gasteiger partial charge in [-0.2, -0.15) is 0 Å². The van der Waals surface area contributed by atoms with Crippen molar-refractivity contribution < 1.29 is 109 Å². The summed E-state index contributed by atoms with van der Waals surface area (Å²) in [5.74, 6) is 0. The first kappa shape index (κ1) is 52.7. The van der Waals surface area contributed by atoms with Crippen LogP contribution in [0.2, 0.25) is 0 Å². The molecule has 0 amide bonds. The van der Waals surface area contributed by atoms with Crippen LogP contribution in [0.15, 0.2) is 0 Å². The van der Waals surface area contributed by atoms with Crippen molar-refractivity contribution in [1.82, 2.24) is 0 Å². The van der Waals surface area contributed by atoms with E-state index < -0.39 is 0 Å². The number of hydrogen-bond acceptors (Lipinski definition) is 5. The Kier molecular flexibility index (Phi) is 562. The summed E-state index contributed by atoms with van der Waals surface area (Å²) in [5.41, 5.74) is 0. The molecule has 0 aromatic carbocycles. The minimum atomic E-state index is 0. The van der Waals surface area contributed by atoms with Gasteiger partial charge in [-0.05, 0) is 30.4 Å². The van der Waals surface area contributed by atoms with E-state index >= 15 is 0 Å². The van der Waals surface area contributed by atoms with Gasteiger partial charge < -0.3 is 27.0 Å². The molecule has 0 aliphatic carbocycles. The van der Waals surface area contributed by atoms with Crippen molar-refractivity contribution in [2.75, 3.05) is 0 Å². The van der Waals surface area contributed by atoms with Gasteiger partial charge in [-0.15, -0.1) is 0 Å². The zero-order chi connectivity index (χ0) is 13.5. The minimum absolute atomic E-state index is 0. The maximum atomic E-state index is 8.24. The van der Waals surface area contributed by atoms with Crippen LogP contribution in [-0.4, -0.2) is 30.4 Å². The van der Waals surface area contributed by atoms with Crippen molar-refractivity contribution in [2.24, 2.45) is 0 Å². The molecule has 0 saturated heterocycles. The van der Waals surface area contributed by atoms with Crippen molar-refractivity contribution in [3.05, 3.63) is 27.0 Å².